The number of carboxylic acid groups (broad SMARTS) is 2. The van der Waals surface area contributed by atoms with Crippen LogP contribution in [0.2, 0.25) is 0 Å². The maximum Gasteiger partial charge on any atom is 0.312 e. The van der Waals surface area contributed by atoms with E-state index in [1.165, 1.54) is 0 Å². The second-order valence-electron chi connectivity index (χ2n) is 12.0. The Morgan fingerprint density at radius 2 is 1.20 bits per heavy atom. The van der Waals surface area contributed by atoms with Crippen molar-refractivity contribution >= 4 is 23.9 Å². The minimum Gasteiger partial charge on any atom is -0.481 e. The van der Waals surface area contributed by atoms with Crippen LogP contribution in [-0.2, 0) is 28.7 Å². The number of hydrogen-bond acceptors (Lipinski definition) is 6. The van der Waals surface area contributed by atoms with Crippen LogP contribution >= 0.6 is 0 Å². The van der Waals surface area contributed by atoms with E-state index in [0.29, 0.717) is 26.1 Å². The molecule has 8 heteroatoms. The van der Waals surface area contributed by atoms with Crippen molar-refractivity contribution in [2.75, 3.05) is 13.2 Å². The SMILES string of the molecule is CCC(C(=O)O)C(CC)(C(=O)O)C(C)C.CCCCCOC(=O)C(C(C)C)C(C)(C(=O)OCCCCC)C(C)C. The number of carbonyl (C=O) groups is 4. The van der Waals surface area contributed by atoms with Gasteiger partial charge in [-0.15, -0.1) is 0 Å². The van der Waals surface area contributed by atoms with Gasteiger partial charge in [0.2, 0.25) is 0 Å². The molecule has 4 atom stereocenters. The van der Waals surface area contributed by atoms with E-state index in [4.69, 9.17) is 14.6 Å². The summed E-state index contributed by atoms with van der Waals surface area (Å²) in [7, 11) is 0. The van der Waals surface area contributed by atoms with Crippen LogP contribution in [0.15, 0.2) is 0 Å². The summed E-state index contributed by atoms with van der Waals surface area (Å²) >= 11 is 0. The zero-order valence-corrected chi connectivity index (χ0v) is 27.3. The molecule has 0 aliphatic rings. The van der Waals surface area contributed by atoms with Crippen LogP contribution in [0.25, 0.3) is 0 Å². The number of aliphatic carboxylic acids is 2. The van der Waals surface area contributed by atoms with Gasteiger partial charge in [-0.2, -0.15) is 0 Å². The van der Waals surface area contributed by atoms with Crippen LogP contribution in [-0.4, -0.2) is 47.3 Å². The predicted octanol–water partition coefficient (Wildman–Crippen LogP) is 7.62. The number of unbranched alkanes of at least 4 members (excludes halogenated alkanes) is 4. The zero-order chi connectivity index (χ0) is 31.7. The van der Waals surface area contributed by atoms with E-state index < -0.39 is 34.6 Å². The maximum atomic E-state index is 12.9. The molecule has 0 spiro atoms. The van der Waals surface area contributed by atoms with Crippen molar-refractivity contribution in [2.45, 2.75) is 128 Å². The van der Waals surface area contributed by atoms with Crippen molar-refractivity contribution in [3.8, 4) is 0 Å². The highest BCUT2D eigenvalue weighted by Crippen LogP contribution is 2.43. The number of carbonyl (C=O) groups excluding carboxylic acids is 2. The molecule has 40 heavy (non-hydrogen) atoms. The molecule has 0 heterocycles. The first-order chi connectivity index (χ1) is 18.6. The Bertz CT molecular complexity index is 760. The zero-order valence-electron chi connectivity index (χ0n) is 27.3. The average molecular weight is 573 g/mol. The molecule has 0 rings (SSSR count). The summed E-state index contributed by atoms with van der Waals surface area (Å²) in [4.78, 5) is 48.0. The van der Waals surface area contributed by atoms with Gasteiger partial charge < -0.3 is 19.7 Å². The monoisotopic (exact) mass is 572 g/mol. The maximum absolute atomic E-state index is 12.9. The van der Waals surface area contributed by atoms with Crippen molar-refractivity contribution in [1.82, 2.24) is 0 Å². The van der Waals surface area contributed by atoms with Crippen LogP contribution in [0, 0.1) is 40.4 Å². The molecule has 0 saturated carbocycles. The molecule has 2 N–H and O–H groups in total. The second-order valence-corrected chi connectivity index (χ2v) is 12.0. The van der Waals surface area contributed by atoms with E-state index in [0.717, 1.165) is 38.5 Å². The Morgan fingerprint density at radius 3 is 1.48 bits per heavy atom. The van der Waals surface area contributed by atoms with Crippen LogP contribution in [0.4, 0.5) is 0 Å². The first kappa shape index (κ1) is 40.0. The van der Waals surface area contributed by atoms with Gasteiger partial charge in [0.1, 0.15) is 0 Å². The van der Waals surface area contributed by atoms with Crippen molar-refractivity contribution in [3.63, 3.8) is 0 Å². The summed E-state index contributed by atoms with van der Waals surface area (Å²) < 4.78 is 11.1. The molecule has 4 unspecified atom stereocenters. The van der Waals surface area contributed by atoms with E-state index in [9.17, 15) is 24.3 Å². The van der Waals surface area contributed by atoms with Gasteiger partial charge in [0, 0.05) is 0 Å². The Hall–Kier alpha value is -2.12. The standard InChI is InChI=1S/C21H40O4.C11H20O4/c1-8-10-12-14-24-19(22)18(16(3)4)21(7,17(5)6)20(23)25-15-13-11-9-2;1-5-8(9(12)13)11(6-2,7(3)4)10(14)15/h16-18H,8-15H2,1-7H3;7-8H,5-6H2,1-4H3,(H,12,13)(H,14,15). The third-order valence-electron chi connectivity index (χ3n) is 8.52. The highest BCUT2D eigenvalue weighted by molar-refractivity contribution is 5.85. The van der Waals surface area contributed by atoms with E-state index in [1.54, 1.807) is 27.7 Å². The summed E-state index contributed by atoms with van der Waals surface area (Å²) in [6.07, 6.45) is 6.66. The normalized spacial score (nSPS) is 15.8. The molecule has 0 saturated heterocycles. The lowest BCUT2D eigenvalue weighted by Gasteiger charge is -2.39. The van der Waals surface area contributed by atoms with Gasteiger partial charge in [0.15, 0.2) is 0 Å². The number of rotatable bonds is 19. The average Bonchev–Trinajstić information content (AvgIpc) is 2.86. The van der Waals surface area contributed by atoms with Crippen molar-refractivity contribution in [3.05, 3.63) is 0 Å². The Kier molecular flexibility index (Phi) is 19.9. The topological polar surface area (TPSA) is 127 Å². The molecule has 0 aromatic heterocycles. The summed E-state index contributed by atoms with van der Waals surface area (Å²) in [5.74, 6) is -4.08. The third-order valence-corrected chi connectivity index (χ3v) is 8.52. The molecule has 0 fully saturated rings. The third kappa shape index (κ3) is 11.0. The van der Waals surface area contributed by atoms with E-state index in [1.807, 2.05) is 34.6 Å². The molecular weight excluding hydrogens is 512 g/mol. The highest BCUT2D eigenvalue weighted by atomic mass is 16.5. The molecule has 0 amide bonds. The Morgan fingerprint density at radius 1 is 0.725 bits per heavy atom. The number of esters is 2. The van der Waals surface area contributed by atoms with Gasteiger partial charge in [-0.1, -0.05) is 94.9 Å². The number of ether oxygens (including phenoxy) is 2. The molecule has 0 aromatic rings. The fourth-order valence-electron chi connectivity index (χ4n) is 5.58. The van der Waals surface area contributed by atoms with Gasteiger partial charge >= 0.3 is 23.9 Å². The number of hydrogen-bond donors (Lipinski definition) is 2. The van der Waals surface area contributed by atoms with Crippen LogP contribution in [0.3, 0.4) is 0 Å². The minimum atomic E-state index is -1.15. The predicted molar refractivity (Wildman–Crippen MR) is 159 cm³/mol. The highest BCUT2D eigenvalue weighted by Gasteiger charge is 2.51. The van der Waals surface area contributed by atoms with Gasteiger partial charge in [0.05, 0.1) is 35.9 Å². The summed E-state index contributed by atoms with van der Waals surface area (Å²) in [6, 6.07) is 0. The van der Waals surface area contributed by atoms with Crippen LogP contribution < -0.4 is 0 Å². The summed E-state index contributed by atoms with van der Waals surface area (Å²) in [6.45, 7) is 21.8. The lowest BCUT2D eigenvalue weighted by atomic mass is 9.65. The van der Waals surface area contributed by atoms with Crippen LogP contribution in [0.1, 0.15) is 128 Å². The molecule has 236 valence electrons. The van der Waals surface area contributed by atoms with Crippen molar-refractivity contribution < 1.29 is 38.9 Å². The molecule has 0 radical (unpaired) electrons. The molecule has 0 aromatic carbocycles. The minimum absolute atomic E-state index is 0.00858. The van der Waals surface area contributed by atoms with Gasteiger partial charge in [-0.05, 0) is 50.4 Å². The van der Waals surface area contributed by atoms with E-state index >= 15 is 0 Å². The van der Waals surface area contributed by atoms with Crippen molar-refractivity contribution in [2.24, 2.45) is 40.4 Å². The van der Waals surface area contributed by atoms with Gasteiger partial charge in [0.25, 0.3) is 0 Å². The molecular formula is C32H60O8. The quantitative estimate of drug-likeness (QED) is 0.119. The Labute approximate surface area is 244 Å². The van der Waals surface area contributed by atoms with Crippen LogP contribution in [0.5, 0.6) is 0 Å². The van der Waals surface area contributed by atoms with E-state index in [2.05, 4.69) is 13.8 Å². The van der Waals surface area contributed by atoms with Gasteiger partial charge in [-0.3, -0.25) is 19.2 Å². The summed E-state index contributed by atoms with van der Waals surface area (Å²) in [5, 5.41) is 18.4. The molecule has 0 bridgehead atoms. The Balaban J connectivity index is 0. The second kappa shape index (κ2) is 19.9. The fourth-order valence-corrected chi connectivity index (χ4v) is 5.58. The molecule has 0 aliphatic heterocycles. The van der Waals surface area contributed by atoms with Crippen molar-refractivity contribution in [1.29, 1.82) is 0 Å². The lowest BCUT2D eigenvalue weighted by molar-refractivity contribution is -0.175. The molecule has 0 aliphatic carbocycles. The smallest absolute Gasteiger partial charge is 0.312 e. The fraction of sp³-hybridized carbons (Fsp3) is 0.875. The largest absolute Gasteiger partial charge is 0.481 e. The van der Waals surface area contributed by atoms with E-state index in [-0.39, 0.29) is 29.7 Å². The molecule has 8 nitrogen and oxygen atoms in total. The first-order valence-corrected chi connectivity index (χ1v) is 15.4. The lowest BCUT2D eigenvalue weighted by Crippen LogP contribution is -2.48. The van der Waals surface area contributed by atoms with Gasteiger partial charge in [-0.25, -0.2) is 0 Å². The first-order valence-electron chi connectivity index (χ1n) is 15.4. The number of carboxylic acids is 2. The summed E-state index contributed by atoms with van der Waals surface area (Å²) in [5.41, 5.74) is -2.02.